The van der Waals surface area contributed by atoms with Crippen molar-refractivity contribution in [1.29, 1.82) is 0 Å². The molecule has 0 spiro atoms. The zero-order chi connectivity index (χ0) is 16.4. The van der Waals surface area contributed by atoms with Gasteiger partial charge in [-0.1, -0.05) is 23.9 Å². The first-order chi connectivity index (χ1) is 11.0. The molecule has 23 heavy (non-hydrogen) atoms. The van der Waals surface area contributed by atoms with Crippen molar-refractivity contribution in [2.75, 3.05) is 5.75 Å². The van der Waals surface area contributed by atoms with Gasteiger partial charge in [0.1, 0.15) is 11.6 Å². The van der Waals surface area contributed by atoms with Gasteiger partial charge in [0.15, 0.2) is 5.16 Å². The topological polar surface area (TPSA) is 59.8 Å². The summed E-state index contributed by atoms with van der Waals surface area (Å²) in [6, 6.07) is 5.98. The number of amides is 1. The van der Waals surface area contributed by atoms with E-state index in [-0.39, 0.29) is 23.5 Å². The predicted molar refractivity (Wildman–Crippen MR) is 86.7 cm³/mol. The van der Waals surface area contributed by atoms with Crippen molar-refractivity contribution in [2.24, 2.45) is 7.05 Å². The monoisotopic (exact) mass is 334 g/mol. The summed E-state index contributed by atoms with van der Waals surface area (Å²) >= 11 is 1.38. The van der Waals surface area contributed by atoms with Gasteiger partial charge in [-0.2, -0.15) is 0 Å². The fourth-order valence-electron chi connectivity index (χ4n) is 2.40. The van der Waals surface area contributed by atoms with Gasteiger partial charge in [0.25, 0.3) is 0 Å². The van der Waals surface area contributed by atoms with Crippen LogP contribution in [-0.4, -0.2) is 26.4 Å². The Bertz CT molecular complexity index is 697. The molecule has 0 radical (unpaired) electrons. The number of hydrogen-bond acceptors (Lipinski definition) is 4. The van der Waals surface area contributed by atoms with Gasteiger partial charge in [-0.05, 0) is 37.5 Å². The number of hydrogen-bond donors (Lipinski definition) is 1. The molecular formula is C16H19FN4OS. The van der Waals surface area contributed by atoms with Crippen molar-refractivity contribution in [3.8, 4) is 0 Å². The molecule has 1 atom stereocenters. The lowest BCUT2D eigenvalue weighted by Crippen LogP contribution is -2.28. The number of aromatic nitrogens is 3. The summed E-state index contributed by atoms with van der Waals surface area (Å²) in [5.41, 5.74) is 0.874. The minimum Gasteiger partial charge on any atom is -0.349 e. The van der Waals surface area contributed by atoms with E-state index in [0.29, 0.717) is 5.92 Å². The Morgan fingerprint density at radius 3 is 2.74 bits per heavy atom. The van der Waals surface area contributed by atoms with E-state index in [9.17, 15) is 9.18 Å². The van der Waals surface area contributed by atoms with Gasteiger partial charge in [0, 0.05) is 13.0 Å². The highest BCUT2D eigenvalue weighted by Gasteiger charge is 2.29. The highest BCUT2D eigenvalue weighted by molar-refractivity contribution is 7.99. The molecule has 7 heteroatoms. The van der Waals surface area contributed by atoms with E-state index >= 15 is 0 Å². The third-order valence-electron chi connectivity index (χ3n) is 3.89. The van der Waals surface area contributed by atoms with Gasteiger partial charge < -0.3 is 9.88 Å². The van der Waals surface area contributed by atoms with E-state index in [1.165, 1.54) is 36.7 Å². The second-order valence-corrected chi connectivity index (χ2v) is 6.75. The van der Waals surface area contributed by atoms with Crippen LogP contribution >= 0.6 is 11.8 Å². The van der Waals surface area contributed by atoms with Crippen LogP contribution in [0.3, 0.4) is 0 Å². The quantitative estimate of drug-likeness (QED) is 0.825. The van der Waals surface area contributed by atoms with Gasteiger partial charge >= 0.3 is 0 Å². The van der Waals surface area contributed by atoms with E-state index in [2.05, 4.69) is 15.5 Å². The molecule has 1 aromatic heterocycles. The lowest BCUT2D eigenvalue weighted by atomic mass is 10.1. The fourth-order valence-corrected chi connectivity index (χ4v) is 3.13. The minimum absolute atomic E-state index is 0.0807. The Hall–Kier alpha value is -1.89. The lowest BCUT2D eigenvalue weighted by molar-refractivity contribution is -0.119. The molecule has 0 saturated heterocycles. The third-order valence-corrected chi connectivity index (χ3v) is 4.91. The molecule has 3 rings (SSSR count). The average molecular weight is 334 g/mol. The number of carbonyl (C=O) groups excluding carboxylic acids is 1. The SMILES string of the molecule is C[C@H](NC(=O)CSc1nnc(C2CC2)n1C)c1ccc(F)cc1. The zero-order valence-corrected chi connectivity index (χ0v) is 13.9. The molecule has 1 aromatic carbocycles. The highest BCUT2D eigenvalue weighted by Crippen LogP contribution is 2.39. The van der Waals surface area contributed by atoms with Crippen molar-refractivity contribution in [3.05, 3.63) is 41.5 Å². The molecule has 1 saturated carbocycles. The van der Waals surface area contributed by atoms with Crippen LogP contribution in [0.1, 0.15) is 43.1 Å². The first kappa shape index (κ1) is 16.0. The molecule has 0 unspecified atom stereocenters. The van der Waals surface area contributed by atoms with E-state index in [4.69, 9.17) is 0 Å². The number of benzene rings is 1. The Balaban J connectivity index is 1.52. The largest absolute Gasteiger partial charge is 0.349 e. The molecule has 1 amide bonds. The Morgan fingerprint density at radius 1 is 1.39 bits per heavy atom. The Labute approximate surface area is 138 Å². The van der Waals surface area contributed by atoms with E-state index in [0.717, 1.165) is 16.5 Å². The molecule has 2 aromatic rings. The molecule has 0 aliphatic heterocycles. The Morgan fingerprint density at radius 2 is 2.09 bits per heavy atom. The van der Waals surface area contributed by atoms with E-state index < -0.39 is 0 Å². The molecule has 1 heterocycles. The normalized spacial score (nSPS) is 15.4. The molecule has 1 fully saturated rings. The third kappa shape index (κ3) is 3.90. The summed E-state index contributed by atoms with van der Waals surface area (Å²) in [4.78, 5) is 12.1. The molecule has 122 valence electrons. The summed E-state index contributed by atoms with van der Waals surface area (Å²) in [6.45, 7) is 1.88. The molecule has 1 N–H and O–H groups in total. The standard InChI is InChI=1S/C16H19FN4OS/c1-10(11-5-7-13(17)8-6-11)18-14(22)9-23-16-20-19-15(21(16)2)12-3-4-12/h5-8,10,12H,3-4,9H2,1-2H3,(H,18,22)/t10-/m0/s1. The van der Waals surface area contributed by atoms with Gasteiger partial charge in [-0.3, -0.25) is 4.79 Å². The Kier molecular flexibility index (Phi) is 4.66. The van der Waals surface area contributed by atoms with Crippen molar-refractivity contribution >= 4 is 17.7 Å². The lowest BCUT2D eigenvalue weighted by Gasteiger charge is -2.14. The van der Waals surface area contributed by atoms with Gasteiger partial charge in [0.2, 0.25) is 5.91 Å². The molecule has 1 aliphatic rings. The van der Waals surface area contributed by atoms with Crippen molar-refractivity contribution in [1.82, 2.24) is 20.1 Å². The number of nitrogens with zero attached hydrogens (tertiary/aromatic N) is 3. The van der Waals surface area contributed by atoms with E-state index in [1.807, 2.05) is 18.5 Å². The smallest absolute Gasteiger partial charge is 0.230 e. The average Bonchev–Trinajstić information content (AvgIpc) is 3.30. The van der Waals surface area contributed by atoms with Crippen LogP contribution in [0, 0.1) is 5.82 Å². The fraction of sp³-hybridized carbons (Fsp3) is 0.438. The molecular weight excluding hydrogens is 315 g/mol. The van der Waals surface area contributed by atoms with E-state index in [1.54, 1.807) is 12.1 Å². The minimum atomic E-state index is -0.281. The second kappa shape index (κ2) is 6.70. The van der Waals surface area contributed by atoms with Crippen LogP contribution in [0.15, 0.2) is 29.4 Å². The summed E-state index contributed by atoms with van der Waals surface area (Å²) in [5, 5.41) is 12.0. The van der Waals surface area contributed by atoms with Crippen LogP contribution in [-0.2, 0) is 11.8 Å². The van der Waals surface area contributed by atoms with Crippen LogP contribution in [0.4, 0.5) is 4.39 Å². The predicted octanol–water partition coefficient (Wildman–Crippen LogP) is 2.80. The number of carbonyl (C=O) groups is 1. The second-order valence-electron chi connectivity index (χ2n) is 5.80. The van der Waals surface area contributed by atoms with Gasteiger partial charge in [-0.25, -0.2) is 4.39 Å². The first-order valence-electron chi connectivity index (χ1n) is 7.61. The molecule has 5 nitrogen and oxygen atoms in total. The van der Waals surface area contributed by atoms with Gasteiger partial charge in [-0.15, -0.1) is 10.2 Å². The number of rotatable bonds is 6. The van der Waals surface area contributed by atoms with Crippen LogP contribution in [0.25, 0.3) is 0 Å². The number of halogens is 1. The number of thioether (sulfide) groups is 1. The van der Waals surface area contributed by atoms with Crippen LogP contribution in [0.5, 0.6) is 0 Å². The van der Waals surface area contributed by atoms with Gasteiger partial charge in [0.05, 0.1) is 11.8 Å². The maximum absolute atomic E-state index is 12.9. The van der Waals surface area contributed by atoms with Crippen molar-refractivity contribution in [2.45, 2.75) is 36.9 Å². The molecule has 1 aliphatic carbocycles. The first-order valence-corrected chi connectivity index (χ1v) is 8.60. The van der Waals surface area contributed by atoms with Crippen molar-refractivity contribution < 1.29 is 9.18 Å². The summed E-state index contributed by atoms with van der Waals surface area (Å²) in [7, 11) is 1.94. The maximum Gasteiger partial charge on any atom is 0.230 e. The highest BCUT2D eigenvalue weighted by atomic mass is 32.2. The van der Waals surface area contributed by atoms with Crippen LogP contribution in [0.2, 0.25) is 0 Å². The number of nitrogens with one attached hydrogen (secondary N) is 1. The maximum atomic E-state index is 12.9. The summed E-state index contributed by atoms with van der Waals surface area (Å²) in [5.74, 6) is 1.46. The molecule has 0 bridgehead atoms. The summed E-state index contributed by atoms with van der Waals surface area (Å²) < 4.78 is 14.9. The van der Waals surface area contributed by atoms with Crippen LogP contribution < -0.4 is 5.32 Å². The summed E-state index contributed by atoms with van der Waals surface area (Å²) in [6.07, 6.45) is 2.35. The van der Waals surface area contributed by atoms with Crippen molar-refractivity contribution in [3.63, 3.8) is 0 Å². The zero-order valence-electron chi connectivity index (χ0n) is 13.1.